The van der Waals surface area contributed by atoms with Crippen molar-refractivity contribution in [2.45, 2.75) is 13.0 Å². The zero-order chi connectivity index (χ0) is 9.84. The Bertz CT molecular complexity index is 295. The predicted molar refractivity (Wildman–Crippen MR) is 58.4 cm³/mol. The van der Waals surface area contributed by atoms with E-state index in [2.05, 4.69) is 22.6 Å². The number of carbonyl (C=O) groups is 1. The Morgan fingerprint density at radius 3 is 2.46 bits per heavy atom. The van der Waals surface area contributed by atoms with Gasteiger partial charge in [-0.05, 0) is 53.8 Å². The van der Waals surface area contributed by atoms with Gasteiger partial charge in [0.1, 0.15) is 11.8 Å². The third-order valence-electron chi connectivity index (χ3n) is 1.40. The molecule has 0 aliphatic rings. The molecule has 1 aromatic carbocycles. The van der Waals surface area contributed by atoms with Gasteiger partial charge in [-0.3, -0.25) is 0 Å². The van der Waals surface area contributed by atoms with E-state index >= 15 is 0 Å². The van der Waals surface area contributed by atoms with E-state index in [9.17, 15) is 4.79 Å². The maximum Gasteiger partial charge on any atom is 0.328 e. The summed E-state index contributed by atoms with van der Waals surface area (Å²) >= 11 is 2.18. The lowest BCUT2D eigenvalue weighted by Gasteiger charge is -2.05. The summed E-state index contributed by atoms with van der Waals surface area (Å²) in [6.07, 6.45) is 0. The van der Waals surface area contributed by atoms with Crippen LogP contribution in [0.5, 0.6) is 5.75 Å². The molecule has 0 saturated carbocycles. The Morgan fingerprint density at radius 1 is 1.46 bits per heavy atom. The summed E-state index contributed by atoms with van der Waals surface area (Å²) in [5.74, 6) is 0.115. The van der Waals surface area contributed by atoms with Crippen LogP contribution in [-0.2, 0) is 4.79 Å². The van der Waals surface area contributed by atoms with E-state index < -0.39 is 12.0 Å². The largest absolute Gasteiger partial charge is 0.425 e. The van der Waals surface area contributed by atoms with Gasteiger partial charge in [-0.2, -0.15) is 0 Å². The lowest BCUT2D eigenvalue weighted by atomic mass is 10.3. The number of rotatable bonds is 2. The molecule has 70 valence electrons. The second-order valence-electron chi connectivity index (χ2n) is 2.66. The van der Waals surface area contributed by atoms with Gasteiger partial charge in [-0.1, -0.05) is 0 Å². The number of nitrogens with two attached hydrogens (primary N) is 1. The van der Waals surface area contributed by atoms with Gasteiger partial charge in [0.25, 0.3) is 0 Å². The first-order valence-corrected chi connectivity index (χ1v) is 4.90. The van der Waals surface area contributed by atoms with E-state index in [0.717, 1.165) is 3.57 Å². The Labute approximate surface area is 90.4 Å². The molecule has 0 amide bonds. The fourth-order valence-corrected chi connectivity index (χ4v) is 1.07. The smallest absolute Gasteiger partial charge is 0.328 e. The van der Waals surface area contributed by atoms with E-state index in [-0.39, 0.29) is 0 Å². The number of halogens is 1. The number of esters is 1. The Balaban J connectivity index is 2.65. The molecule has 0 heterocycles. The van der Waals surface area contributed by atoms with Crippen LogP contribution >= 0.6 is 22.6 Å². The quantitative estimate of drug-likeness (QED) is 0.511. The van der Waals surface area contributed by atoms with Crippen LogP contribution in [0.25, 0.3) is 0 Å². The highest BCUT2D eigenvalue weighted by atomic mass is 127. The van der Waals surface area contributed by atoms with Crippen LogP contribution in [0.3, 0.4) is 0 Å². The summed E-state index contributed by atoms with van der Waals surface area (Å²) in [5, 5.41) is 0. The van der Waals surface area contributed by atoms with Crippen LogP contribution in [0.4, 0.5) is 0 Å². The average Bonchev–Trinajstić information content (AvgIpc) is 2.08. The van der Waals surface area contributed by atoms with Crippen molar-refractivity contribution in [2.75, 3.05) is 0 Å². The van der Waals surface area contributed by atoms with Gasteiger partial charge in [0.2, 0.25) is 0 Å². The van der Waals surface area contributed by atoms with Crippen molar-refractivity contribution in [3.63, 3.8) is 0 Å². The predicted octanol–water partition coefficient (Wildman–Crippen LogP) is 1.54. The van der Waals surface area contributed by atoms with Gasteiger partial charge < -0.3 is 10.5 Å². The zero-order valence-corrected chi connectivity index (χ0v) is 9.32. The fourth-order valence-electron chi connectivity index (χ4n) is 0.712. The minimum absolute atomic E-state index is 0.416. The molecule has 3 nitrogen and oxygen atoms in total. The highest BCUT2D eigenvalue weighted by Crippen LogP contribution is 2.13. The third kappa shape index (κ3) is 3.31. The number of hydrogen-bond donors (Lipinski definition) is 1. The molecule has 0 unspecified atom stereocenters. The van der Waals surface area contributed by atoms with E-state index in [1.54, 1.807) is 19.1 Å². The van der Waals surface area contributed by atoms with E-state index in [0.29, 0.717) is 5.75 Å². The summed E-state index contributed by atoms with van der Waals surface area (Å²) in [6, 6.07) is 6.62. The summed E-state index contributed by atoms with van der Waals surface area (Å²) in [4.78, 5) is 11.0. The second-order valence-corrected chi connectivity index (χ2v) is 3.91. The molecular formula is C9H10INO2. The molecule has 1 aromatic rings. The lowest BCUT2D eigenvalue weighted by Crippen LogP contribution is -2.30. The van der Waals surface area contributed by atoms with E-state index in [1.165, 1.54) is 0 Å². The second kappa shape index (κ2) is 4.57. The molecule has 0 spiro atoms. The van der Waals surface area contributed by atoms with Crippen molar-refractivity contribution in [3.05, 3.63) is 27.8 Å². The fraction of sp³-hybridized carbons (Fsp3) is 0.222. The Kier molecular flexibility index (Phi) is 3.68. The van der Waals surface area contributed by atoms with Gasteiger partial charge in [0.05, 0.1) is 0 Å². The van der Waals surface area contributed by atoms with Crippen LogP contribution < -0.4 is 10.5 Å². The van der Waals surface area contributed by atoms with Crippen LogP contribution in [-0.4, -0.2) is 12.0 Å². The standard InChI is InChI=1S/C9H10INO2/c1-6(11)9(12)13-8-4-2-7(10)3-5-8/h2-6H,11H2,1H3/t6-/m0/s1. The molecule has 0 aromatic heterocycles. The number of benzene rings is 1. The number of hydrogen-bond acceptors (Lipinski definition) is 3. The molecule has 0 bridgehead atoms. The molecule has 0 saturated heterocycles. The SMILES string of the molecule is C[C@H](N)C(=O)Oc1ccc(I)cc1. The highest BCUT2D eigenvalue weighted by molar-refractivity contribution is 14.1. The molecule has 0 radical (unpaired) electrons. The van der Waals surface area contributed by atoms with Crippen LogP contribution in [0.1, 0.15) is 6.92 Å². The first-order chi connectivity index (χ1) is 6.09. The van der Waals surface area contributed by atoms with Crippen molar-refractivity contribution in [1.82, 2.24) is 0 Å². The van der Waals surface area contributed by atoms with Crippen molar-refractivity contribution >= 4 is 28.6 Å². The molecule has 1 rings (SSSR count). The minimum Gasteiger partial charge on any atom is -0.425 e. The average molecular weight is 291 g/mol. The highest BCUT2D eigenvalue weighted by Gasteiger charge is 2.09. The Hall–Kier alpha value is -0.620. The third-order valence-corrected chi connectivity index (χ3v) is 2.12. The molecule has 2 N–H and O–H groups in total. The monoisotopic (exact) mass is 291 g/mol. The molecule has 0 fully saturated rings. The molecule has 1 atom stereocenters. The summed E-state index contributed by atoms with van der Waals surface area (Å²) in [6.45, 7) is 1.59. The zero-order valence-electron chi connectivity index (χ0n) is 7.16. The topological polar surface area (TPSA) is 52.3 Å². The molecule has 0 aliphatic carbocycles. The van der Waals surface area contributed by atoms with Gasteiger partial charge in [-0.15, -0.1) is 0 Å². The van der Waals surface area contributed by atoms with Crippen LogP contribution in [0.15, 0.2) is 24.3 Å². The molecule has 13 heavy (non-hydrogen) atoms. The summed E-state index contributed by atoms with van der Waals surface area (Å²) < 4.78 is 6.06. The van der Waals surface area contributed by atoms with Gasteiger partial charge in [0, 0.05) is 3.57 Å². The van der Waals surface area contributed by atoms with Crippen molar-refractivity contribution in [2.24, 2.45) is 5.73 Å². The summed E-state index contributed by atoms with van der Waals surface area (Å²) in [5.41, 5.74) is 5.34. The maximum absolute atomic E-state index is 11.0. The van der Waals surface area contributed by atoms with Crippen LogP contribution in [0, 0.1) is 3.57 Å². The van der Waals surface area contributed by atoms with Crippen LogP contribution in [0.2, 0.25) is 0 Å². The van der Waals surface area contributed by atoms with Crippen molar-refractivity contribution < 1.29 is 9.53 Å². The van der Waals surface area contributed by atoms with Crippen molar-refractivity contribution in [3.8, 4) is 5.75 Å². The molecular weight excluding hydrogens is 281 g/mol. The molecule has 0 aliphatic heterocycles. The first-order valence-electron chi connectivity index (χ1n) is 3.82. The minimum atomic E-state index is -0.584. The van der Waals surface area contributed by atoms with E-state index in [4.69, 9.17) is 10.5 Å². The maximum atomic E-state index is 11.0. The summed E-state index contributed by atoms with van der Waals surface area (Å²) in [7, 11) is 0. The van der Waals surface area contributed by atoms with Gasteiger partial charge in [0.15, 0.2) is 0 Å². The number of carbonyl (C=O) groups excluding carboxylic acids is 1. The Morgan fingerprint density at radius 2 is 2.00 bits per heavy atom. The number of ether oxygens (including phenoxy) is 1. The van der Waals surface area contributed by atoms with E-state index in [1.807, 2.05) is 12.1 Å². The van der Waals surface area contributed by atoms with Gasteiger partial charge >= 0.3 is 5.97 Å². The normalized spacial score (nSPS) is 12.2. The lowest BCUT2D eigenvalue weighted by molar-refractivity contribution is -0.135. The first kappa shape index (κ1) is 10.5. The van der Waals surface area contributed by atoms with Crippen molar-refractivity contribution in [1.29, 1.82) is 0 Å². The van der Waals surface area contributed by atoms with Gasteiger partial charge in [-0.25, -0.2) is 4.79 Å². The molecule has 4 heteroatoms.